The van der Waals surface area contributed by atoms with Gasteiger partial charge in [-0.25, -0.2) is 0 Å². The van der Waals surface area contributed by atoms with Crippen LogP contribution in [0.15, 0.2) is 42.5 Å². The molecule has 2 atom stereocenters. The zero-order chi connectivity index (χ0) is 22.0. The molecule has 0 spiro atoms. The molecule has 31 heavy (non-hydrogen) atoms. The second-order valence-electron chi connectivity index (χ2n) is 8.21. The van der Waals surface area contributed by atoms with Gasteiger partial charge in [-0.15, -0.1) is 0 Å². The Morgan fingerprint density at radius 1 is 0.935 bits per heavy atom. The van der Waals surface area contributed by atoms with Crippen molar-refractivity contribution >= 4 is 35.0 Å². The highest BCUT2D eigenvalue weighted by atomic mass is 35.5. The molecule has 2 aromatic carbocycles. The fourth-order valence-electron chi connectivity index (χ4n) is 4.59. The summed E-state index contributed by atoms with van der Waals surface area (Å²) < 4.78 is 5.28. The van der Waals surface area contributed by atoms with Gasteiger partial charge in [0.1, 0.15) is 5.75 Å². The molecule has 2 heterocycles. The summed E-state index contributed by atoms with van der Waals surface area (Å²) >= 11 is 12.3. The fourth-order valence-corrected chi connectivity index (χ4v) is 5.08. The van der Waals surface area contributed by atoms with E-state index < -0.39 is 0 Å². The van der Waals surface area contributed by atoms with Gasteiger partial charge in [0.15, 0.2) is 0 Å². The number of rotatable bonds is 4. The molecule has 0 N–H and O–H groups in total. The van der Waals surface area contributed by atoms with E-state index in [0.717, 1.165) is 43.7 Å². The molecule has 0 radical (unpaired) electrons. The van der Waals surface area contributed by atoms with Crippen molar-refractivity contribution < 1.29 is 14.3 Å². The standard InChI is InChI=1S/C24H26Cl2N2O3/c1-31-18-8-5-16(6-9-18)20-14-28(23(29)19-10-7-17(25)13-22(19)26)15-21(20)24(30)27-11-3-2-4-12-27/h5-10,13,20-21H,2-4,11-12,14-15H2,1H3/t20-,21+/m0/s1. The minimum Gasteiger partial charge on any atom is -0.497 e. The van der Waals surface area contributed by atoms with Crippen LogP contribution in [0.1, 0.15) is 41.1 Å². The van der Waals surface area contributed by atoms with Crippen molar-refractivity contribution in [3.63, 3.8) is 0 Å². The first-order valence-electron chi connectivity index (χ1n) is 10.6. The van der Waals surface area contributed by atoms with Crippen molar-refractivity contribution in [1.82, 2.24) is 9.80 Å². The summed E-state index contributed by atoms with van der Waals surface area (Å²) in [5.41, 5.74) is 1.44. The molecule has 2 fully saturated rings. The second kappa shape index (κ2) is 9.49. The summed E-state index contributed by atoms with van der Waals surface area (Å²) in [4.78, 5) is 30.4. The Hall–Kier alpha value is -2.24. The molecule has 2 aliphatic rings. The van der Waals surface area contributed by atoms with E-state index in [-0.39, 0.29) is 23.7 Å². The number of likely N-dealkylation sites (tertiary alicyclic amines) is 2. The first-order chi connectivity index (χ1) is 15.0. The van der Waals surface area contributed by atoms with Crippen LogP contribution in [0.3, 0.4) is 0 Å². The lowest BCUT2D eigenvalue weighted by Gasteiger charge is -2.31. The number of hydrogen-bond acceptors (Lipinski definition) is 3. The minimum absolute atomic E-state index is 0.0737. The van der Waals surface area contributed by atoms with E-state index in [0.29, 0.717) is 28.7 Å². The number of piperidine rings is 1. The van der Waals surface area contributed by atoms with Gasteiger partial charge in [0.25, 0.3) is 5.91 Å². The maximum Gasteiger partial charge on any atom is 0.255 e. The normalized spacial score (nSPS) is 21.3. The van der Waals surface area contributed by atoms with E-state index in [1.54, 1.807) is 30.2 Å². The van der Waals surface area contributed by atoms with E-state index in [1.165, 1.54) is 0 Å². The predicted octanol–water partition coefficient (Wildman–Crippen LogP) is 4.87. The molecular formula is C24H26Cl2N2O3. The van der Waals surface area contributed by atoms with Gasteiger partial charge in [0.05, 0.1) is 23.6 Å². The number of carbonyl (C=O) groups excluding carboxylic acids is 2. The molecule has 0 aromatic heterocycles. The second-order valence-corrected chi connectivity index (χ2v) is 9.05. The third kappa shape index (κ3) is 4.68. The lowest BCUT2D eigenvalue weighted by atomic mass is 9.87. The maximum atomic E-state index is 13.4. The number of halogens is 2. The SMILES string of the molecule is COc1ccc([C@@H]2CN(C(=O)c3ccc(Cl)cc3Cl)C[C@H]2C(=O)N2CCCCC2)cc1. The predicted molar refractivity (Wildman–Crippen MR) is 122 cm³/mol. The molecule has 164 valence electrons. The summed E-state index contributed by atoms with van der Waals surface area (Å²) in [6.07, 6.45) is 3.24. The van der Waals surface area contributed by atoms with Crippen molar-refractivity contribution in [2.45, 2.75) is 25.2 Å². The van der Waals surface area contributed by atoms with E-state index in [9.17, 15) is 9.59 Å². The fraction of sp³-hybridized carbons (Fsp3) is 0.417. The largest absolute Gasteiger partial charge is 0.497 e. The summed E-state index contributed by atoms with van der Waals surface area (Å²) in [6.45, 7) is 2.43. The minimum atomic E-state index is -0.276. The third-order valence-electron chi connectivity index (χ3n) is 6.30. The van der Waals surface area contributed by atoms with Crippen molar-refractivity contribution in [3.05, 3.63) is 63.6 Å². The molecule has 0 saturated carbocycles. The monoisotopic (exact) mass is 460 g/mol. The highest BCUT2D eigenvalue weighted by molar-refractivity contribution is 6.36. The van der Waals surface area contributed by atoms with Crippen molar-refractivity contribution in [1.29, 1.82) is 0 Å². The Balaban J connectivity index is 1.61. The smallest absolute Gasteiger partial charge is 0.255 e. The van der Waals surface area contributed by atoms with Gasteiger partial charge < -0.3 is 14.5 Å². The lowest BCUT2D eigenvalue weighted by molar-refractivity contribution is -0.136. The lowest BCUT2D eigenvalue weighted by Crippen LogP contribution is -2.42. The van der Waals surface area contributed by atoms with Crippen molar-refractivity contribution in [2.24, 2.45) is 5.92 Å². The van der Waals surface area contributed by atoms with E-state index in [2.05, 4.69) is 0 Å². The first kappa shape index (κ1) is 22.0. The molecule has 7 heteroatoms. The number of hydrogen-bond donors (Lipinski definition) is 0. The highest BCUT2D eigenvalue weighted by Crippen LogP contribution is 2.36. The molecule has 0 bridgehead atoms. The molecule has 2 amide bonds. The zero-order valence-electron chi connectivity index (χ0n) is 17.5. The van der Waals surface area contributed by atoms with Crippen LogP contribution in [-0.2, 0) is 4.79 Å². The van der Waals surface area contributed by atoms with Crippen molar-refractivity contribution in [2.75, 3.05) is 33.3 Å². The number of benzene rings is 2. The van der Waals surface area contributed by atoms with Crippen LogP contribution < -0.4 is 4.74 Å². The van der Waals surface area contributed by atoms with Crippen LogP contribution in [-0.4, -0.2) is 54.9 Å². The average Bonchev–Trinajstić information content (AvgIpc) is 3.24. The topological polar surface area (TPSA) is 49.9 Å². The first-order valence-corrected chi connectivity index (χ1v) is 11.4. The molecule has 2 aliphatic heterocycles. The molecule has 2 saturated heterocycles. The third-order valence-corrected chi connectivity index (χ3v) is 6.85. The van der Waals surface area contributed by atoms with Gasteiger partial charge in [0, 0.05) is 37.1 Å². The van der Waals surface area contributed by atoms with Crippen LogP contribution in [0.5, 0.6) is 5.75 Å². The van der Waals surface area contributed by atoms with Crippen LogP contribution >= 0.6 is 23.2 Å². The van der Waals surface area contributed by atoms with E-state index >= 15 is 0 Å². The maximum absolute atomic E-state index is 13.4. The summed E-state index contributed by atoms with van der Waals surface area (Å²) in [5, 5.41) is 0.807. The molecule has 5 nitrogen and oxygen atoms in total. The van der Waals surface area contributed by atoms with Crippen LogP contribution in [0.4, 0.5) is 0 Å². The van der Waals surface area contributed by atoms with Gasteiger partial charge in [-0.2, -0.15) is 0 Å². The summed E-state index contributed by atoms with van der Waals surface area (Å²) in [5.74, 6) is 0.380. The molecular weight excluding hydrogens is 435 g/mol. The summed E-state index contributed by atoms with van der Waals surface area (Å²) in [6, 6.07) is 12.7. The Bertz CT molecular complexity index is 958. The van der Waals surface area contributed by atoms with Gasteiger partial charge in [-0.3, -0.25) is 9.59 Å². The highest BCUT2D eigenvalue weighted by Gasteiger charge is 2.42. The van der Waals surface area contributed by atoms with Gasteiger partial charge in [-0.05, 0) is 55.2 Å². The Labute approximate surface area is 192 Å². The van der Waals surface area contributed by atoms with E-state index in [1.807, 2.05) is 29.2 Å². The quantitative estimate of drug-likeness (QED) is 0.653. The number of methoxy groups -OCH3 is 1. The Kier molecular flexibility index (Phi) is 6.73. The van der Waals surface area contributed by atoms with E-state index in [4.69, 9.17) is 27.9 Å². The zero-order valence-corrected chi connectivity index (χ0v) is 19.0. The van der Waals surface area contributed by atoms with Gasteiger partial charge in [-0.1, -0.05) is 35.3 Å². The Morgan fingerprint density at radius 2 is 1.65 bits per heavy atom. The average molecular weight is 461 g/mol. The number of carbonyl (C=O) groups is 2. The molecule has 0 aliphatic carbocycles. The molecule has 4 rings (SSSR count). The van der Waals surface area contributed by atoms with Crippen LogP contribution in [0.2, 0.25) is 10.0 Å². The molecule has 0 unspecified atom stereocenters. The number of amides is 2. The van der Waals surface area contributed by atoms with Gasteiger partial charge >= 0.3 is 0 Å². The van der Waals surface area contributed by atoms with Crippen molar-refractivity contribution in [3.8, 4) is 5.75 Å². The number of nitrogens with zero attached hydrogens (tertiary/aromatic N) is 2. The number of ether oxygens (including phenoxy) is 1. The molecule has 2 aromatic rings. The van der Waals surface area contributed by atoms with Gasteiger partial charge in [0.2, 0.25) is 5.91 Å². The van der Waals surface area contributed by atoms with Crippen LogP contribution in [0.25, 0.3) is 0 Å². The summed E-state index contributed by atoms with van der Waals surface area (Å²) in [7, 11) is 1.63. The Morgan fingerprint density at radius 3 is 2.29 bits per heavy atom. The van der Waals surface area contributed by atoms with Crippen LogP contribution in [0, 0.1) is 5.92 Å².